The van der Waals surface area contributed by atoms with E-state index in [2.05, 4.69) is 4.98 Å². The highest BCUT2D eigenvalue weighted by atomic mass is 19.1. The van der Waals surface area contributed by atoms with Gasteiger partial charge in [-0.05, 0) is 12.5 Å². The Morgan fingerprint density at radius 1 is 1.26 bits per heavy atom. The quantitative estimate of drug-likeness (QED) is 0.685. The predicted molar refractivity (Wildman–Crippen MR) is 70.7 cm³/mol. The van der Waals surface area contributed by atoms with E-state index in [0.29, 0.717) is 37.7 Å². The second kappa shape index (κ2) is 8.79. The monoisotopic (exact) mass is 272 g/mol. The van der Waals surface area contributed by atoms with E-state index in [4.69, 9.17) is 9.47 Å². The van der Waals surface area contributed by atoms with Crippen molar-refractivity contribution in [2.24, 2.45) is 0 Å². The number of aliphatic hydroxyl groups is 1. The average Bonchev–Trinajstić information content (AvgIpc) is 2.43. The molecular weight excluding hydrogens is 251 g/mol. The summed E-state index contributed by atoms with van der Waals surface area (Å²) in [6, 6.07) is 1.30. The van der Waals surface area contributed by atoms with Crippen LogP contribution in [0.3, 0.4) is 0 Å². The van der Waals surface area contributed by atoms with Crippen LogP contribution in [0.25, 0.3) is 0 Å². The van der Waals surface area contributed by atoms with E-state index in [0.717, 1.165) is 12.6 Å². The molecule has 0 bridgehead atoms. The number of methoxy groups -OCH3 is 2. The molecule has 0 unspecified atom stereocenters. The fourth-order valence-corrected chi connectivity index (χ4v) is 1.80. The van der Waals surface area contributed by atoms with Gasteiger partial charge in [-0.3, -0.25) is 0 Å². The SMILES string of the molecule is COCCCN(CCOC)c1ncc(F)cc1CO. The van der Waals surface area contributed by atoms with E-state index in [1.807, 2.05) is 4.90 Å². The van der Waals surface area contributed by atoms with Crippen molar-refractivity contribution < 1.29 is 19.0 Å². The molecular formula is C13H21FN2O3. The van der Waals surface area contributed by atoms with Gasteiger partial charge in [0.05, 0.1) is 19.4 Å². The summed E-state index contributed by atoms with van der Waals surface area (Å²) in [5.41, 5.74) is 0.480. The number of rotatable bonds is 9. The minimum absolute atomic E-state index is 0.242. The molecule has 0 aromatic carbocycles. The first kappa shape index (κ1) is 15.8. The molecule has 0 aliphatic heterocycles. The zero-order valence-electron chi connectivity index (χ0n) is 11.4. The highest BCUT2D eigenvalue weighted by Gasteiger charge is 2.13. The third kappa shape index (κ3) is 5.10. The lowest BCUT2D eigenvalue weighted by Gasteiger charge is -2.25. The number of aromatic nitrogens is 1. The first-order valence-corrected chi connectivity index (χ1v) is 6.21. The molecule has 6 heteroatoms. The molecule has 1 rings (SSSR count). The van der Waals surface area contributed by atoms with Crippen molar-refractivity contribution in [2.45, 2.75) is 13.0 Å². The Balaban J connectivity index is 2.82. The Labute approximate surface area is 113 Å². The van der Waals surface area contributed by atoms with Crippen LogP contribution in [-0.4, -0.2) is 50.6 Å². The van der Waals surface area contributed by atoms with Crippen LogP contribution in [0.1, 0.15) is 12.0 Å². The van der Waals surface area contributed by atoms with Crippen LogP contribution in [0.15, 0.2) is 12.3 Å². The van der Waals surface area contributed by atoms with Crippen molar-refractivity contribution in [3.63, 3.8) is 0 Å². The standard InChI is InChI=1S/C13H21FN2O3/c1-18-6-3-4-16(5-7-19-2)13-11(10-17)8-12(14)9-15-13/h8-9,17H,3-7,10H2,1-2H3. The zero-order chi connectivity index (χ0) is 14.1. The highest BCUT2D eigenvalue weighted by Crippen LogP contribution is 2.18. The van der Waals surface area contributed by atoms with Gasteiger partial charge < -0.3 is 19.5 Å². The average molecular weight is 272 g/mol. The van der Waals surface area contributed by atoms with Crippen molar-refractivity contribution in [2.75, 3.05) is 45.4 Å². The van der Waals surface area contributed by atoms with Crippen LogP contribution in [0, 0.1) is 5.82 Å². The van der Waals surface area contributed by atoms with Gasteiger partial charge in [0, 0.05) is 39.5 Å². The van der Waals surface area contributed by atoms with Crippen LogP contribution in [-0.2, 0) is 16.1 Å². The third-order valence-corrected chi connectivity index (χ3v) is 2.72. The molecule has 1 heterocycles. The summed E-state index contributed by atoms with van der Waals surface area (Å²) in [6.45, 7) is 2.28. The maximum atomic E-state index is 13.1. The summed E-state index contributed by atoms with van der Waals surface area (Å²) in [5, 5.41) is 9.30. The lowest BCUT2D eigenvalue weighted by Crippen LogP contribution is -2.30. The molecule has 5 nitrogen and oxygen atoms in total. The molecule has 0 spiro atoms. The van der Waals surface area contributed by atoms with E-state index >= 15 is 0 Å². The number of aliphatic hydroxyl groups excluding tert-OH is 1. The molecule has 19 heavy (non-hydrogen) atoms. The molecule has 0 aliphatic rings. The van der Waals surface area contributed by atoms with Crippen molar-refractivity contribution in [1.82, 2.24) is 4.98 Å². The molecule has 0 saturated heterocycles. The number of hydrogen-bond acceptors (Lipinski definition) is 5. The Morgan fingerprint density at radius 2 is 2.00 bits per heavy atom. The lowest BCUT2D eigenvalue weighted by atomic mass is 10.2. The summed E-state index contributed by atoms with van der Waals surface area (Å²) in [5.74, 6) is 0.147. The molecule has 1 N–H and O–H groups in total. The summed E-state index contributed by atoms with van der Waals surface area (Å²) in [7, 11) is 3.27. The van der Waals surface area contributed by atoms with Crippen LogP contribution in [0.4, 0.5) is 10.2 Å². The van der Waals surface area contributed by atoms with Crippen molar-refractivity contribution >= 4 is 5.82 Å². The first-order chi connectivity index (χ1) is 9.22. The topological polar surface area (TPSA) is 54.8 Å². The lowest BCUT2D eigenvalue weighted by molar-refractivity contribution is 0.190. The number of ether oxygens (including phenoxy) is 2. The second-order valence-corrected chi connectivity index (χ2v) is 4.12. The van der Waals surface area contributed by atoms with Crippen molar-refractivity contribution in [1.29, 1.82) is 0 Å². The minimum atomic E-state index is -0.448. The molecule has 0 radical (unpaired) electrons. The van der Waals surface area contributed by atoms with Crippen LogP contribution >= 0.6 is 0 Å². The number of hydrogen-bond donors (Lipinski definition) is 1. The maximum Gasteiger partial charge on any atom is 0.142 e. The Bertz CT molecular complexity index is 377. The summed E-state index contributed by atoms with van der Waals surface area (Å²) >= 11 is 0. The Morgan fingerprint density at radius 3 is 2.63 bits per heavy atom. The second-order valence-electron chi connectivity index (χ2n) is 4.12. The number of anilines is 1. The first-order valence-electron chi connectivity index (χ1n) is 6.21. The van der Waals surface area contributed by atoms with Crippen LogP contribution in [0.5, 0.6) is 0 Å². The van der Waals surface area contributed by atoms with Gasteiger partial charge in [0.25, 0.3) is 0 Å². The number of halogens is 1. The molecule has 108 valence electrons. The predicted octanol–water partition coefficient (Wildman–Crippen LogP) is 1.20. The molecule has 0 aliphatic carbocycles. The Hall–Kier alpha value is -1.24. The number of nitrogens with zero attached hydrogens (tertiary/aromatic N) is 2. The molecule has 0 saturated carbocycles. The van der Waals surface area contributed by atoms with E-state index in [9.17, 15) is 9.50 Å². The van der Waals surface area contributed by atoms with Gasteiger partial charge in [0.2, 0.25) is 0 Å². The maximum absolute atomic E-state index is 13.1. The highest BCUT2D eigenvalue weighted by molar-refractivity contribution is 5.46. The molecule has 1 aromatic heterocycles. The normalized spacial score (nSPS) is 10.7. The van der Waals surface area contributed by atoms with E-state index < -0.39 is 5.82 Å². The van der Waals surface area contributed by atoms with E-state index in [1.165, 1.54) is 6.07 Å². The summed E-state index contributed by atoms with van der Waals surface area (Å²) in [6.07, 6.45) is 1.98. The van der Waals surface area contributed by atoms with Crippen molar-refractivity contribution in [3.8, 4) is 0 Å². The fraction of sp³-hybridized carbons (Fsp3) is 0.615. The van der Waals surface area contributed by atoms with Gasteiger partial charge in [0.15, 0.2) is 0 Å². The fourth-order valence-electron chi connectivity index (χ4n) is 1.80. The largest absolute Gasteiger partial charge is 0.392 e. The smallest absolute Gasteiger partial charge is 0.142 e. The van der Waals surface area contributed by atoms with Gasteiger partial charge in [-0.15, -0.1) is 0 Å². The molecule has 0 atom stereocenters. The Kier molecular flexibility index (Phi) is 7.32. The summed E-state index contributed by atoms with van der Waals surface area (Å²) in [4.78, 5) is 6.04. The molecule has 0 fully saturated rings. The van der Waals surface area contributed by atoms with Gasteiger partial charge in [-0.2, -0.15) is 0 Å². The van der Waals surface area contributed by atoms with Gasteiger partial charge in [0.1, 0.15) is 11.6 Å². The van der Waals surface area contributed by atoms with Crippen molar-refractivity contribution in [3.05, 3.63) is 23.6 Å². The molecule has 0 amide bonds. The molecule has 1 aromatic rings. The van der Waals surface area contributed by atoms with Crippen LogP contribution in [0.2, 0.25) is 0 Å². The third-order valence-electron chi connectivity index (χ3n) is 2.72. The number of pyridine rings is 1. The van der Waals surface area contributed by atoms with Crippen LogP contribution < -0.4 is 4.90 Å². The van der Waals surface area contributed by atoms with E-state index in [1.54, 1.807) is 14.2 Å². The summed E-state index contributed by atoms with van der Waals surface area (Å²) < 4.78 is 23.2. The van der Waals surface area contributed by atoms with E-state index in [-0.39, 0.29) is 6.61 Å². The van der Waals surface area contributed by atoms with Gasteiger partial charge in [-0.25, -0.2) is 9.37 Å². The van der Waals surface area contributed by atoms with Gasteiger partial charge in [-0.1, -0.05) is 0 Å². The zero-order valence-corrected chi connectivity index (χ0v) is 11.4. The van der Waals surface area contributed by atoms with Gasteiger partial charge >= 0.3 is 0 Å². The minimum Gasteiger partial charge on any atom is -0.392 e.